The van der Waals surface area contributed by atoms with Crippen molar-refractivity contribution >= 4 is 11.6 Å². The molecule has 1 N–H and O–H groups in total. The number of benzene rings is 1. The van der Waals surface area contributed by atoms with Crippen LogP contribution in [-0.2, 0) is 11.8 Å². The first kappa shape index (κ1) is 17.5. The number of amides is 1. The van der Waals surface area contributed by atoms with Crippen LogP contribution in [0.2, 0.25) is 0 Å². The van der Waals surface area contributed by atoms with Crippen LogP contribution in [0.5, 0.6) is 0 Å². The van der Waals surface area contributed by atoms with Gasteiger partial charge in [-0.3, -0.25) is 14.3 Å². The molecule has 5 nitrogen and oxygen atoms in total. The summed E-state index contributed by atoms with van der Waals surface area (Å²) in [5.74, 6) is 0.891. The van der Waals surface area contributed by atoms with Gasteiger partial charge in [0.25, 0.3) is 5.56 Å². The Labute approximate surface area is 148 Å². The highest BCUT2D eigenvalue weighted by Gasteiger charge is 2.50. The monoisotopic (exact) mass is 341 g/mol. The van der Waals surface area contributed by atoms with Gasteiger partial charge in [0.15, 0.2) is 0 Å². The average Bonchev–Trinajstić information content (AvgIpc) is 3.21. The number of aromatic nitrogens is 2. The molecule has 1 amide bonds. The van der Waals surface area contributed by atoms with E-state index in [9.17, 15) is 9.59 Å². The highest BCUT2D eigenvalue weighted by molar-refractivity contribution is 5.95. The van der Waals surface area contributed by atoms with Gasteiger partial charge >= 0.3 is 0 Å². The number of unbranched alkanes of at least 4 members (excludes halogenated alkanes) is 1. The quantitative estimate of drug-likeness (QED) is 0.874. The topological polar surface area (TPSA) is 56.0 Å². The Kier molecular flexibility index (Phi) is 4.84. The zero-order valence-corrected chi connectivity index (χ0v) is 15.5. The van der Waals surface area contributed by atoms with Crippen molar-refractivity contribution in [2.45, 2.75) is 40.0 Å². The van der Waals surface area contributed by atoms with Crippen LogP contribution < -0.4 is 10.9 Å². The summed E-state index contributed by atoms with van der Waals surface area (Å²) < 4.78 is 3.38. The molecular formula is C20H27N3O2. The van der Waals surface area contributed by atoms with Crippen LogP contribution in [0.15, 0.2) is 35.1 Å². The third-order valence-electron chi connectivity index (χ3n) is 5.56. The third-order valence-corrected chi connectivity index (χ3v) is 5.56. The maximum atomic E-state index is 12.9. The van der Waals surface area contributed by atoms with Gasteiger partial charge in [-0.2, -0.15) is 0 Å². The molecule has 1 aliphatic rings. The predicted octanol–water partition coefficient (Wildman–Crippen LogP) is 3.50. The minimum atomic E-state index is -0.182. The maximum Gasteiger partial charge on any atom is 0.295 e. The summed E-state index contributed by atoms with van der Waals surface area (Å²) in [6, 6.07) is 9.48. The molecule has 3 atom stereocenters. The number of carbonyl (C=O) groups excluding carboxylic acids is 1. The van der Waals surface area contributed by atoms with Gasteiger partial charge in [0.05, 0.1) is 11.4 Å². The Morgan fingerprint density at radius 1 is 1.24 bits per heavy atom. The Morgan fingerprint density at radius 3 is 2.56 bits per heavy atom. The van der Waals surface area contributed by atoms with Crippen LogP contribution >= 0.6 is 0 Å². The minimum Gasteiger partial charge on any atom is -0.320 e. The maximum absolute atomic E-state index is 12.9. The number of hydrogen-bond acceptors (Lipinski definition) is 2. The standard InChI is InChI=1S/C20H27N3O2/c1-5-6-12-16-13(2)17(16)19(24)21-18-14(3)22(4)23(20(18)25)15-10-8-7-9-11-15/h7-11,13,16-17H,5-6,12H2,1-4H3,(H,21,24). The largest absolute Gasteiger partial charge is 0.320 e. The molecule has 1 heterocycles. The summed E-state index contributed by atoms with van der Waals surface area (Å²) >= 11 is 0. The van der Waals surface area contributed by atoms with Crippen LogP contribution in [0.4, 0.5) is 5.69 Å². The van der Waals surface area contributed by atoms with Crippen LogP contribution in [0.3, 0.4) is 0 Å². The molecule has 1 fully saturated rings. The van der Waals surface area contributed by atoms with E-state index < -0.39 is 0 Å². The predicted molar refractivity (Wildman–Crippen MR) is 100 cm³/mol. The first-order valence-corrected chi connectivity index (χ1v) is 9.12. The van der Waals surface area contributed by atoms with Gasteiger partial charge in [-0.1, -0.05) is 44.9 Å². The van der Waals surface area contributed by atoms with Gasteiger partial charge in [-0.05, 0) is 37.3 Å². The van der Waals surface area contributed by atoms with Gasteiger partial charge in [0.1, 0.15) is 5.69 Å². The molecule has 1 aromatic heterocycles. The van der Waals surface area contributed by atoms with Crippen molar-refractivity contribution in [3.8, 4) is 5.69 Å². The normalized spacial score (nSPS) is 22.0. The molecule has 3 unspecified atom stereocenters. The van der Waals surface area contributed by atoms with Gasteiger partial charge in [-0.25, -0.2) is 4.68 Å². The number of para-hydroxylation sites is 1. The van der Waals surface area contributed by atoms with E-state index in [2.05, 4.69) is 19.2 Å². The van der Waals surface area contributed by atoms with Crippen molar-refractivity contribution in [2.24, 2.45) is 24.8 Å². The highest BCUT2D eigenvalue weighted by atomic mass is 16.2. The van der Waals surface area contributed by atoms with E-state index in [1.807, 2.05) is 44.3 Å². The molecule has 3 rings (SSSR count). The van der Waals surface area contributed by atoms with Crippen molar-refractivity contribution in [1.82, 2.24) is 9.36 Å². The van der Waals surface area contributed by atoms with Crippen molar-refractivity contribution in [3.05, 3.63) is 46.4 Å². The second kappa shape index (κ2) is 6.90. The van der Waals surface area contributed by atoms with Crippen LogP contribution in [-0.4, -0.2) is 15.3 Å². The number of hydrogen-bond donors (Lipinski definition) is 1. The van der Waals surface area contributed by atoms with Crippen LogP contribution in [0, 0.1) is 24.7 Å². The third kappa shape index (κ3) is 3.15. The molecule has 134 valence electrons. The average molecular weight is 341 g/mol. The first-order chi connectivity index (χ1) is 12.0. The summed E-state index contributed by atoms with van der Waals surface area (Å²) in [5.41, 5.74) is 1.77. The second-order valence-electron chi connectivity index (χ2n) is 7.12. The molecule has 5 heteroatoms. The molecule has 25 heavy (non-hydrogen) atoms. The van der Waals surface area contributed by atoms with E-state index in [1.54, 1.807) is 9.36 Å². The molecule has 0 saturated heterocycles. The lowest BCUT2D eigenvalue weighted by molar-refractivity contribution is -0.117. The molecule has 2 aromatic rings. The first-order valence-electron chi connectivity index (χ1n) is 9.12. The molecule has 1 aromatic carbocycles. The molecule has 0 spiro atoms. The lowest BCUT2D eigenvalue weighted by Crippen LogP contribution is -2.24. The second-order valence-corrected chi connectivity index (χ2v) is 7.12. The fraction of sp³-hybridized carbons (Fsp3) is 0.500. The zero-order chi connectivity index (χ0) is 18.1. The van der Waals surface area contributed by atoms with E-state index in [-0.39, 0.29) is 17.4 Å². The Morgan fingerprint density at radius 2 is 1.92 bits per heavy atom. The number of nitrogens with zero attached hydrogens (tertiary/aromatic N) is 2. The van der Waals surface area contributed by atoms with Crippen molar-refractivity contribution in [1.29, 1.82) is 0 Å². The van der Waals surface area contributed by atoms with Crippen LogP contribution in [0.25, 0.3) is 5.69 Å². The Bertz CT molecular complexity index is 819. The lowest BCUT2D eigenvalue weighted by Gasteiger charge is -2.07. The van der Waals surface area contributed by atoms with Crippen LogP contribution in [0.1, 0.15) is 38.8 Å². The van der Waals surface area contributed by atoms with E-state index >= 15 is 0 Å². The van der Waals surface area contributed by atoms with E-state index in [0.29, 0.717) is 17.5 Å². The summed E-state index contributed by atoms with van der Waals surface area (Å²) in [6.07, 6.45) is 3.40. The molecule has 1 saturated carbocycles. The lowest BCUT2D eigenvalue weighted by atomic mass is 10.1. The Hall–Kier alpha value is -2.30. The van der Waals surface area contributed by atoms with Crippen molar-refractivity contribution in [3.63, 3.8) is 0 Å². The van der Waals surface area contributed by atoms with E-state index in [0.717, 1.165) is 30.6 Å². The number of carbonyl (C=O) groups is 1. The molecular weight excluding hydrogens is 314 g/mol. The van der Waals surface area contributed by atoms with E-state index in [4.69, 9.17) is 0 Å². The summed E-state index contributed by atoms with van der Waals surface area (Å²) in [6.45, 7) is 6.16. The summed E-state index contributed by atoms with van der Waals surface area (Å²) in [7, 11) is 1.84. The van der Waals surface area contributed by atoms with E-state index in [1.165, 1.54) is 0 Å². The summed E-state index contributed by atoms with van der Waals surface area (Å²) in [5, 5.41) is 2.92. The van der Waals surface area contributed by atoms with Crippen molar-refractivity contribution in [2.75, 3.05) is 5.32 Å². The Balaban J connectivity index is 1.83. The van der Waals surface area contributed by atoms with Gasteiger partial charge in [0.2, 0.25) is 5.91 Å². The smallest absolute Gasteiger partial charge is 0.295 e. The molecule has 1 aliphatic carbocycles. The minimum absolute atomic E-state index is 0.0142. The van der Waals surface area contributed by atoms with Gasteiger partial charge < -0.3 is 5.32 Å². The number of anilines is 1. The fourth-order valence-corrected chi connectivity index (χ4v) is 3.78. The molecule has 0 bridgehead atoms. The van der Waals surface area contributed by atoms with Gasteiger partial charge in [0, 0.05) is 13.0 Å². The SMILES string of the molecule is CCCCC1C(C)C1C(=O)Nc1c(C)n(C)n(-c2ccccc2)c1=O. The molecule has 0 aliphatic heterocycles. The number of rotatable bonds is 6. The fourth-order valence-electron chi connectivity index (χ4n) is 3.78. The summed E-state index contributed by atoms with van der Waals surface area (Å²) in [4.78, 5) is 25.5. The molecule has 0 radical (unpaired) electrons. The van der Waals surface area contributed by atoms with Crippen molar-refractivity contribution < 1.29 is 4.79 Å². The zero-order valence-electron chi connectivity index (χ0n) is 15.5. The number of nitrogens with one attached hydrogen (secondary N) is 1. The highest BCUT2D eigenvalue weighted by Crippen LogP contribution is 2.49. The van der Waals surface area contributed by atoms with Gasteiger partial charge in [-0.15, -0.1) is 0 Å².